The fourth-order valence-electron chi connectivity index (χ4n) is 8.11. The number of aliphatic hydroxyl groups excluding tert-OH is 1. The summed E-state index contributed by atoms with van der Waals surface area (Å²) in [5, 5.41) is 23.6. The first-order valence-corrected chi connectivity index (χ1v) is 15.5. The first kappa shape index (κ1) is 35.8. The van der Waals surface area contributed by atoms with Crippen LogP contribution in [0.5, 0.6) is 0 Å². The summed E-state index contributed by atoms with van der Waals surface area (Å²) in [6.45, 7) is 15.2. The van der Waals surface area contributed by atoms with E-state index < -0.39 is 88.8 Å². The van der Waals surface area contributed by atoms with Gasteiger partial charge in [-0.15, -0.1) is 0 Å². The highest BCUT2D eigenvalue weighted by Gasteiger charge is 2.74. The number of rotatable bonds is 7. The van der Waals surface area contributed by atoms with E-state index in [0.29, 0.717) is 5.57 Å². The molecular formula is C35H44O12. The number of carbonyl (C=O) groups excluding carboxylic acids is 5. The van der Waals surface area contributed by atoms with Gasteiger partial charge in [0.05, 0.1) is 28.1 Å². The van der Waals surface area contributed by atoms with Crippen LogP contribution in [0.1, 0.15) is 78.6 Å². The van der Waals surface area contributed by atoms with Gasteiger partial charge in [-0.25, -0.2) is 4.79 Å². The van der Waals surface area contributed by atoms with Crippen LogP contribution in [0.15, 0.2) is 53.6 Å². The van der Waals surface area contributed by atoms with Crippen LogP contribution in [-0.4, -0.2) is 82.3 Å². The minimum Gasteiger partial charge on any atom is -0.462 e. The van der Waals surface area contributed by atoms with Gasteiger partial charge in [-0.05, 0) is 49.6 Å². The molecule has 3 aliphatic carbocycles. The fraction of sp³-hybridized carbons (Fsp3) is 0.571. The highest BCUT2D eigenvalue weighted by Crippen LogP contribution is 2.66. The van der Waals surface area contributed by atoms with E-state index in [1.165, 1.54) is 46.8 Å². The molecule has 47 heavy (non-hydrogen) atoms. The minimum atomic E-state index is -1.82. The second-order valence-corrected chi connectivity index (χ2v) is 13.4. The van der Waals surface area contributed by atoms with Crippen molar-refractivity contribution < 1.29 is 57.9 Å². The van der Waals surface area contributed by atoms with Crippen LogP contribution >= 0.6 is 0 Å². The van der Waals surface area contributed by atoms with Crippen molar-refractivity contribution in [1.29, 1.82) is 0 Å². The van der Waals surface area contributed by atoms with E-state index in [1.807, 2.05) is 0 Å². The summed E-state index contributed by atoms with van der Waals surface area (Å²) in [5.74, 6) is -4.85. The van der Waals surface area contributed by atoms with E-state index in [1.54, 1.807) is 32.0 Å². The number of hydrogen-bond donors (Lipinski definition) is 2. The molecule has 0 spiro atoms. The number of benzene rings is 1. The monoisotopic (exact) mass is 656 g/mol. The predicted octanol–water partition coefficient (Wildman–Crippen LogP) is 3.37. The van der Waals surface area contributed by atoms with E-state index in [9.17, 15) is 34.2 Å². The van der Waals surface area contributed by atoms with Crippen molar-refractivity contribution in [2.24, 2.45) is 16.7 Å². The van der Waals surface area contributed by atoms with Crippen molar-refractivity contribution >= 4 is 29.8 Å². The lowest BCUT2D eigenvalue weighted by molar-refractivity contribution is -0.214. The number of hydrogen-bond acceptors (Lipinski definition) is 12. The van der Waals surface area contributed by atoms with Crippen molar-refractivity contribution in [2.75, 3.05) is 0 Å². The van der Waals surface area contributed by atoms with E-state index in [-0.39, 0.29) is 29.6 Å². The summed E-state index contributed by atoms with van der Waals surface area (Å²) < 4.78 is 30.1. The Morgan fingerprint density at radius 3 is 1.89 bits per heavy atom. The zero-order chi connectivity index (χ0) is 35.2. The summed E-state index contributed by atoms with van der Waals surface area (Å²) in [6.07, 6.45) is -8.13. The van der Waals surface area contributed by atoms with E-state index in [4.69, 9.17) is 23.7 Å². The molecule has 2 N–H and O–H groups in total. The molecule has 2 saturated carbocycles. The first-order valence-electron chi connectivity index (χ1n) is 15.5. The molecule has 1 unspecified atom stereocenters. The molecule has 0 amide bonds. The van der Waals surface area contributed by atoms with E-state index in [2.05, 4.69) is 6.58 Å². The summed E-state index contributed by atoms with van der Waals surface area (Å²) in [4.78, 5) is 64.8. The maximum atomic E-state index is 13.9. The minimum absolute atomic E-state index is 0.143. The molecule has 1 aromatic carbocycles. The smallest absolute Gasteiger partial charge is 0.338 e. The Labute approximate surface area is 274 Å². The van der Waals surface area contributed by atoms with Gasteiger partial charge in [-0.3, -0.25) is 19.2 Å². The van der Waals surface area contributed by atoms with Crippen LogP contribution in [0.25, 0.3) is 0 Å². The quantitative estimate of drug-likeness (QED) is 0.249. The van der Waals surface area contributed by atoms with Crippen molar-refractivity contribution in [3.05, 3.63) is 59.2 Å². The Bertz CT molecular complexity index is 1490. The number of carbonyl (C=O) groups is 5. The van der Waals surface area contributed by atoms with Gasteiger partial charge >= 0.3 is 29.8 Å². The van der Waals surface area contributed by atoms with Crippen LogP contribution in [-0.2, 0) is 42.9 Å². The van der Waals surface area contributed by atoms with Crippen molar-refractivity contribution in [1.82, 2.24) is 0 Å². The number of esters is 5. The predicted molar refractivity (Wildman–Crippen MR) is 165 cm³/mol. The second-order valence-electron chi connectivity index (χ2n) is 13.4. The maximum absolute atomic E-state index is 13.9. The SMILES string of the molecule is C=C1C2[C@H](OC(C)=O)[C@]3(C(C)(C)O)C[C@H](OC(C)=O)C(C)=C3[C@@H](OC(=O)c3ccccc3)[C@H](OC(C)=O)[C@]2(C)[C@@H](OC(C)=O)C[C@@H]1O. The molecule has 9 atom stereocenters. The molecule has 12 heteroatoms. The topological polar surface area (TPSA) is 172 Å². The Balaban J connectivity index is 2.19. The molecule has 0 bridgehead atoms. The average molecular weight is 657 g/mol. The third-order valence-electron chi connectivity index (χ3n) is 10.0. The van der Waals surface area contributed by atoms with Crippen molar-refractivity contribution in [2.45, 2.75) is 110 Å². The molecule has 12 nitrogen and oxygen atoms in total. The average Bonchev–Trinajstić information content (AvgIpc) is 3.21. The molecule has 2 fully saturated rings. The zero-order valence-corrected chi connectivity index (χ0v) is 28.0. The highest BCUT2D eigenvalue weighted by molar-refractivity contribution is 5.89. The molecule has 0 radical (unpaired) electrons. The standard InChI is InChI=1S/C35H44O12/c1-17-24(40)15-26(44-20(4)37)34(9)28(17)30(45-21(5)38)35(33(7,8)42)16-25(43-19(3)36)18(2)27(35)29(31(34)46-22(6)39)47-32(41)23-13-11-10-12-14-23/h10-14,24-26,28-31,40,42H,1,15-16H2,2-9H3/t24-,25-,26-,28?,29+,30-,31-,34+,35-/m0/s1. The Kier molecular flexibility index (Phi) is 9.81. The molecule has 4 rings (SSSR count). The van der Waals surface area contributed by atoms with Gasteiger partial charge in [0, 0.05) is 46.5 Å². The molecule has 0 heterocycles. The van der Waals surface area contributed by atoms with Gasteiger partial charge in [-0.2, -0.15) is 0 Å². The second kappa shape index (κ2) is 12.9. The van der Waals surface area contributed by atoms with Crippen molar-refractivity contribution in [3.8, 4) is 0 Å². The summed E-state index contributed by atoms with van der Waals surface area (Å²) in [6, 6.07) is 8.07. The van der Waals surface area contributed by atoms with Crippen LogP contribution in [0.4, 0.5) is 0 Å². The molecule has 3 aliphatic rings. The summed E-state index contributed by atoms with van der Waals surface area (Å²) in [5.41, 5.74) is -4.20. The normalized spacial score (nSPS) is 33.5. The molecule has 256 valence electrons. The fourth-order valence-corrected chi connectivity index (χ4v) is 8.11. The molecular weight excluding hydrogens is 612 g/mol. The first-order chi connectivity index (χ1) is 21.8. The van der Waals surface area contributed by atoms with E-state index in [0.717, 1.165) is 6.92 Å². The zero-order valence-electron chi connectivity index (χ0n) is 28.0. The van der Waals surface area contributed by atoms with E-state index >= 15 is 0 Å². The third kappa shape index (κ3) is 6.20. The van der Waals surface area contributed by atoms with Crippen LogP contribution in [0.2, 0.25) is 0 Å². The van der Waals surface area contributed by atoms with Gasteiger partial charge in [0.25, 0.3) is 0 Å². The van der Waals surface area contributed by atoms with Gasteiger partial charge in [0.15, 0.2) is 12.2 Å². The Morgan fingerprint density at radius 1 is 0.851 bits per heavy atom. The molecule has 1 aromatic rings. The number of aliphatic hydroxyl groups is 2. The summed E-state index contributed by atoms with van der Waals surface area (Å²) in [7, 11) is 0. The van der Waals surface area contributed by atoms with Crippen molar-refractivity contribution in [3.63, 3.8) is 0 Å². The molecule has 0 aliphatic heterocycles. The highest BCUT2D eigenvalue weighted by atomic mass is 16.6. The van der Waals surface area contributed by atoms with Gasteiger partial charge in [0.1, 0.15) is 18.3 Å². The third-order valence-corrected chi connectivity index (χ3v) is 10.0. The number of fused-ring (bicyclic) bond motifs is 2. The van der Waals surface area contributed by atoms with Gasteiger partial charge in [0.2, 0.25) is 0 Å². The Hall–Kier alpha value is -4.03. The van der Waals surface area contributed by atoms with Gasteiger partial charge in [-0.1, -0.05) is 31.7 Å². The largest absolute Gasteiger partial charge is 0.462 e. The maximum Gasteiger partial charge on any atom is 0.338 e. The summed E-state index contributed by atoms with van der Waals surface area (Å²) >= 11 is 0. The lowest BCUT2D eigenvalue weighted by atomic mass is 9.54. The van der Waals surface area contributed by atoms with Crippen LogP contribution in [0, 0.1) is 16.7 Å². The molecule has 0 saturated heterocycles. The van der Waals surface area contributed by atoms with Gasteiger partial charge < -0.3 is 33.9 Å². The Morgan fingerprint density at radius 2 is 1.38 bits per heavy atom. The lowest BCUT2D eigenvalue weighted by Gasteiger charge is -2.55. The number of ether oxygens (including phenoxy) is 5. The lowest BCUT2D eigenvalue weighted by Crippen LogP contribution is -2.64. The molecule has 0 aromatic heterocycles. The van der Waals surface area contributed by atoms with Crippen LogP contribution < -0.4 is 0 Å². The van der Waals surface area contributed by atoms with Crippen LogP contribution in [0.3, 0.4) is 0 Å².